The summed E-state index contributed by atoms with van der Waals surface area (Å²) in [7, 11) is 1.26. The first kappa shape index (κ1) is 20.0. The number of esters is 1. The number of urea groups is 1. The molecule has 29 heavy (non-hydrogen) atoms. The summed E-state index contributed by atoms with van der Waals surface area (Å²) >= 11 is 0. The van der Waals surface area contributed by atoms with Gasteiger partial charge < -0.3 is 10.1 Å². The van der Waals surface area contributed by atoms with Crippen molar-refractivity contribution < 1.29 is 23.9 Å². The van der Waals surface area contributed by atoms with E-state index in [1.54, 1.807) is 24.3 Å². The third-order valence-electron chi connectivity index (χ3n) is 4.42. The van der Waals surface area contributed by atoms with Gasteiger partial charge in [-0.1, -0.05) is 12.1 Å². The van der Waals surface area contributed by atoms with Crippen molar-refractivity contribution in [3.63, 3.8) is 0 Å². The maximum absolute atomic E-state index is 12.8. The summed E-state index contributed by atoms with van der Waals surface area (Å²) in [6.45, 7) is 2.17. The van der Waals surface area contributed by atoms with Crippen molar-refractivity contribution in [2.45, 2.75) is 13.3 Å². The van der Waals surface area contributed by atoms with Crippen molar-refractivity contribution in [1.29, 1.82) is 0 Å². The number of amides is 3. The van der Waals surface area contributed by atoms with E-state index in [4.69, 9.17) is 0 Å². The van der Waals surface area contributed by atoms with Crippen LogP contribution in [0.25, 0.3) is 0 Å². The number of ether oxygens (including phenoxy) is 1. The number of anilines is 1. The summed E-state index contributed by atoms with van der Waals surface area (Å²) in [6, 6.07) is 8.95. The number of methoxy groups -OCH3 is 1. The lowest BCUT2D eigenvalue weighted by atomic mass is 10.1. The van der Waals surface area contributed by atoms with E-state index in [1.807, 2.05) is 0 Å². The maximum Gasteiger partial charge on any atom is 0.340 e. The van der Waals surface area contributed by atoms with Crippen molar-refractivity contribution in [1.82, 2.24) is 15.0 Å². The zero-order valence-corrected chi connectivity index (χ0v) is 16.0. The van der Waals surface area contributed by atoms with Gasteiger partial charge in [0.2, 0.25) is 0 Å². The second-order valence-corrected chi connectivity index (χ2v) is 6.40. The van der Waals surface area contributed by atoms with Gasteiger partial charge in [-0.25, -0.2) is 19.6 Å². The van der Waals surface area contributed by atoms with Crippen molar-refractivity contribution in [3.8, 4) is 0 Å². The molecule has 0 bridgehead atoms. The van der Waals surface area contributed by atoms with Crippen LogP contribution in [0, 0.1) is 0 Å². The minimum absolute atomic E-state index is 0.107. The summed E-state index contributed by atoms with van der Waals surface area (Å²) in [4.78, 5) is 52.5. The molecular formula is C20H20N4O5. The van der Waals surface area contributed by atoms with Crippen LogP contribution in [0.1, 0.15) is 44.5 Å². The van der Waals surface area contributed by atoms with Crippen molar-refractivity contribution in [3.05, 3.63) is 59.4 Å². The number of hydrogen-bond donors (Lipinski definition) is 1. The molecule has 1 aliphatic heterocycles. The highest BCUT2D eigenvalue weighted by molar-refractivity contribution is 5.98. The summed E-state index contributed by atoms with van der Waals surface area (Å²) in [5, 5.41) is 5.32. The van der Waals surface area contributed by atoms with Crippen LogP contribution in [-0.4, -0.2) is 58.9 Å². The zero-order chi connectivity index (χ0) is 21.0. The maximum atomic E-state index is 12.8. The number of Topliss-reactive ketones (excluding diaryl/α,β-unsaturated/α-hetero) is 1. The fourth-order valence-corrected chi connectivity index (χ4v) is 2.93. The van der Waals surface area contributed by atoms with Gasteiger partial charge in [0.15, 0.2) is 5.78 Å². The number of rotatable bonds is 4. The van der Waals surface area contributed by atoms with E-state index < -0.39 is 17.9 Å². The van der Waals surface area contributed by atoms with Crippen molar-refractivity contribution in [2.75, 3.05) is 25.5 Å². The number of aromatic nitrogens is 1. The van der Waals surface area contributed by atoms with Crippen LogP contribution in [0.5, 0.6) is 0 Å². The number of carbonyl (C=O) groups is 4. The third kappa shape index (κ3) is 4.40. The van der Waals surface area contributed by atoms with Gasteiger partial charge in [-0.05, 0) is 37.6 Å². The Morgan fingerprint density at radius 2 is 1.79 bits per heavy atom. The van der Waals surface area contributed by atoms with Gasteiger partial charge in [-0.15, -0.1) is 0 Å². The first-order chi connectivity index (χ1) is 13.9. The smallest absolute Gasteiger partial charge is 0.340 e. The lowest BCUT2D eigenvalue weighted by molar-refractivity contribution is 0.0398. The number of nitrogens with one attached hydrogen (secondary N) is 1. The molecule has 150 valence electrons. The molecule has 2 heterocycles. The fourth-order valence-electron chi connectivity index (χ4n) is 2.93. The van der Waals surface area contributed by atoms with E-state index >= 15 is 0 Å². The highest BCUT2D eigenvalue weighted by Gasteiger charge is 2.32. The Kier molecular flexibility index (Phi) is 5.87. The lowest BCUT2D eigenvalue weighted by Gasteiger charge is -2.27. The molecule has 0 atom stereocenters. The molecule has 3 rings (SSSR count). The molecule has 1 aromatic heterocycles. The summed E-state index contributed by atoms with van der Waals surface area (Å²) in [5.41, 5.74) is 1.27. The van der Waals surface area contributed by atoms with Crippen LogP contribution in [0.2, 0.25) is 0 Å². The minimum Gasteiger partial charge on any atom is -0.465 e. The van der Waals surface area contributed by atoms with Crippen LogP contribution in [0.15, 0.2) is 42.6 Å². The van der Waals surface area contributed by atoms with Crippen LogP contribution in [0.3, 0.4) is 0 Å². The average molecular weight is 396 g/mol. The highest BCUT2D eigenvalue weighted by atomic mass is 16.5. The van der Waals surface area contributed by atoms with Gasteiger partial charge in [0.05, 0.1) is 12.7 Å². The van der Waals surface area contributed by atoms with Crippen LogP contribution < -0.4 is 5.32 Å². The Hall–Kier alpha value is -3.75. The quantitative estimate of drug-likeness (QED) is 0.628. The minimum atomic E-state index is -0.550. The summed E-state index contributed by atoms with van der Waals surface area (Å²) < 4.78 is 4.61. The van der Waals surface area contributed by atoms with Gasteiger partial charge in [-0.2, -0.15) is 0 Å². The molecule has 0 aliphatic carbocycles. The van der Waals surface area contributed by atoms with E-state index in [0.717, 1.165) is 0 Å². The molecule has 0 saturated carbocycles. The number of pyridine rings is 1. The molecule has 9 nitrogen and oxygen atoms in total. The van der Waals surface area contributed by atoms with Gasteiger partial charge >= 0.3 is 12.0 Å². The molecule has 1 aliphatic rings. The van der Waals surface area contributed by atoms with Gasteiger partial charge in [-0.3, -0.25) is 14.6 Å². The molecule has 1 aromatic carbocycles. The first-order valence-electron chi connectivity index (χ1n) is 8.96. The average Bonchev–Trinajstić information content (AvgIpc) is 3.23. The number of carbonyl (C=O) groups excluding carboxylic acids is 4. The predicted octanol–water partition coefficient (Wildman–Crippen LogP) is 2.37. The first-order valence-corrected chi connectivity index (χ1v) is 8.96. The second kappa shape index (κ2) is 8.51. The molecule has 1 N–H and O–H groups in total. The lowest BCUT2D eigenvalue weighted by Crippen LogP contribution is -2.47. The van der Waals surface area contributed by atoms with Gasteiger partial charge in [0, 0.05) is 30.5 Å². The number of hydrogen-bond acceptors (Lipinski definition) is 6. The molecular weight excluding hydrogens is 376 g/mol. The predicted molar refractivity (Wildman–Crippen MR) is 103 cm³/mol. The number of ketones is 1. The number of benzene rings is 1. The molecule has 0 spiro atoms. The normalized spacial score (nSPS) is 13.2. The Balaban J connectivity index is 1.72. The van der Waals surface area contributed by atoms with Crippen LogP contribution in [-0.2, 0) is 4.74 Å². The Labute approximate surface area is 167 Å². The molecule has 0 unspecified atom stereocenters. The molecule has 0 radical (unpaired) electrons. The van der Waals surface area contributed by atoms with Crippen LogP contribution in [0.4, 0.5) is 10.5 Å². The molecule has 2 aromatic rings. The number of nitrogens with zero attached hydrogens (tertiary/aromatic N) is 3. The zero-order valence-electron chi connectivity index (χ0n) is 16.0. The monoisotopic (exact) mass is 396 g/mol. The number of hydrazine groups is 1. The standard InChI is InChI=1S/C20H20N4O5/c1-13(25)14-5-3-6-16(11-14)22-20(28)24-10-4-9-23(24)18(26)17-8-7-15(12-21-17)19(27)29-2/h3,5-8,11-12H,4,9-10H2,1-2H3,(H,22,28). The highest BCUT2D eigenvalue weighted by Crippen LogP contribution is 2.18. The third-order valence-corrected chi connectivity index (χ3v) is 4.42. The van der Waals surface area contributed by atoms with Crippen molar-refractivity contribution >= 4 is 29.4 Å². The Morgan fingerprint density at radius 3 is 2.45 bits per heavy atom. The topological polar surface area (TPSA) is 109 Å². The van der Waals surface area contributed by atoms with E-state index in [9.17, 15) is 19.2 Å². The molecule has 3 amide bonds. The fraction of sp³-hybridized carbons (Fsp3) is 0.250. The molecule has 1 saturated heterocycles. The summed E-state index contributed by atoms with van der Waals surface area (Å²) in [5.74, 6) is -1.11. The van der Waals surface area contributed by atoms with Gasteiger partial charge in [0.1, 0.15) is 5.69 Å². The summed E-state index contributed by atoms with van der Waals surface area (Å²) in [6.07, 6.45) is 1.87. The van der Waals surface area contributed by atoms with E-state index in [2.05, 4.69) is 15.0 Å². The van der Waals surface area contributed by atoms with Gasteiger partial charge in [0.25, 0.3) is 5.91 Å². The Morgan fingerprint density at radius 1 is 1.03 bits per heavy atom. The SMILES string of the molecule is COC(=O)c1ccc(C(=O)N2CCCN2C(=O)Nc2cccc(C(C)=O)c2)nc1. The van der Waals surface area contributed by atoms with E-state index in [-0.39, 0.29) is 17.0 Å². The largest absolute Gasteiger partial charge is 0.465 e. The van der Waals surface area contributed by atoms with E-state index in [1.165, 1.54) is 42.4 Å². The molecule has 1 fully saturated rings. The van der Waals surface area contributed by atoms with E-state index in [0.29, 0.717) is 30.8 Å². The van der Waals surface area contributed by atoms with Crippen LogP contribution >= 0.6 is 0 Å². The second-order valence-electron chi connectivity index (χ2n) is 6.40. The molecule has 9 heteroatoms. The Bertz CT molecular complexity index is 958. The van der Waals surface area contributed by atoms with Crippen molar-refractivity contribution in [2.24, 2.45) is 0 Å².